The fourth-order valence-corrected chi connectivity index (χ4v) is 3.11. The number of benzene rings is 2. The van der Waals surface area contributed by atoms with E-state index in [9.17, 15) is 0 Å². The zero-order chi connectivity index (χ0) is 16.8. The molecule has 1 heterocycles. The number of anilines is 1. The van der Waals surface area contributed by atoms with Gasteiger partial charge in [0.25, 0.3) is 0 Å². The van der Waals surface area contributed by atoms with Crippen LogP contribution in [-0.4, -0.2) is 40.9 Å². The van der Waals surface area contributed by atoms with Crippen molar-refractivity contribution in [2.75, 3.05) is 31.2 Å². The summed E-state index contributed by atoms with van der Waals surface area (Å²) in [6, 6.07) is 15.4. The van der Waals surface area contributed by atoms with Crippen molar-refractivity contribution >= 4 is 38.8 Å². The highest BCUT2D eigenvalue weighted by Crippen LogP contribution is 2.30. The third-order valence-corrected chi connectivity index (χ3v) is 4.39. The van der Waals surface area contributed by atoms with Gasteiger partial charge in [-0.2, -0.15) is 4.37 Å². The summed E-state index contributed by atoms with van der Waals surface area (Å²) < 4.78 is 5.41. The summed E-state index contributed by atoms with van der Waals surface area (Å²) >= 11 is 1.41. The van der Waals surface area contributed by atoms with Gasteiger partial charge in [-0.25, -0.2) is 0 Å². The predicted octanol–water partition coefficient (Wildman–Crippen LogP) is 3.50. The molecule has 0 aliphatic carbocycles. The van der Waals surface area contributed by atoms with Gasteiger partial charge in [0.1, 0.15) is 0 Å². The van der Waals surface area contributed by atoms with Crippen LogP contribution in [-0.2, 0) is 0 Å². The molecule has 0 aliphatic heterocycles. The molecule has 24 heavy (non-hydrogen) atoms. The van der Waals surface area contributed by atoms with Crippen LogP contribution in [0.25, 0.3) is 10.1 Å². The van der Waals surface area contributed by atoms with Crippen LogP contribution in [0.1, 0.15) is 0 Å². The van der Waals surface area contributed by atoms with Crippen LogP contribution in [0, 0.1) is 0 Å². The van der Waals surface area contributed by atoms with Gasteiger partial charge in [-0.05, 0) is 47.9 Å². The third-order valence-electron chi connectivity index (χ3n) is 3.57. The van der Waals surface area contributed by atoms with Gasteiger partial charge in [-0.1, -0.05) is 12.1 Å². The van der Waals surface area contributed by atoms with Gasteiger partial charge in [0.05, 0.1) is 23.6 Å². The lowest BCUT2D eigenvalue weighted by atomic mass is 10.2. The number of hydrogen-bond donors (Lipinski definition) is 2. The van der Waals surface area contributed by atoms with Gasteiger partial charge in [0.15, 0.2) is 5.82 Å². The molecule has 0 bridgehead atoms. The molecule has 0 saturated carbocycles. The van der Waals surface area contributed by atoms with E-state index in [1.165, 1.54) is 11.5 Å². The summed E-state index contributed by atoms with van der Waals surface area (Å²) in [5, 5.41) is 27.7. The molecule has 0 saturated heterocycles. The molecule has 0 amide bonds. The van der Waals surface area contributed by atoms with E-state index in [2.05, 4.69) is 14.6 Å². The highest BCUT2D eigenvalue weighted by molar-refractivity contribution is 7.13. The van der Waals surface area contributed by atoms with Crippen LogP contribution in [0.15, 0.2) is 58.8 Å². The fraction of sp³-hybridized carbons (Fsp3) is 0.235. The monoisotopic (exact) mass is 342 g/mol. The van der Waals surface area contributed by atoms with Crippen molar-refractivity contribution in [3.63, 3.8) is 0 Å². The van der Waals surface area contributed by atoms with Crippen molar-refractivity contribution in [2.45, 2.75) is 0 Å². The second-order valence-electron chi connectivity index (χ2n) is 5.15. The summed E-state index contributed by atoms with van der Waals surface area (Å²) in [5.74, 6) is 0.627. The second-order valence-corrected chi connectivity index (χ2v) is 5.96. The normalized spacial score (nSPS) is 11.4. The van der Waals surface area contributed by atoms with E-state index >= 15 is 0 Å². The highest BCUT2D eigenvalue weighted by atomic mass is 32.1. The third kappa shape index (κ3) is 3.76. The second kappa shape index (κ2) is 7.96. The van der Waals surface area contributed by atoms with Crippen LogP contribution in [0.4, 0.5) is 17.2 Å². The first-order chi connectivity index (χ1) is 11.8. The lowest BCUT2D eigenvalue weighted by Gasteiger charge is -2.22. The van der Waals surface area contributed by atoms with Crippen molar-refractivity contribution < 1.29 is 10.2 Å². The zero-order valence-electron chi connectivity index (χ0n) is 13.0. The Morgan fingerprint density at radius 1 is 0.917 bits per heavy atom. The Balaban J connectivity index is 1.76. The van der Waals surface area contributed by atoms with Gasteiger partial charge < -0.3 is 15.1 Å². The van der Waals surface area contributed by atoms with Crippen LogP contribution < -0.4 is 4.90 Å². The standard InChI is InChI=1S/C17H18N4O2S/c22-11-9-21(10-12-23)14-7-5-13(6-8-14)18-19-17-15-3-1-2-4-16(15)24-20-17/h1-8,22-23H,9-12H2/b19-18-. The molecule has 0 aliphatic rings. The van der Waals surface area contributed by atoms with Crippen molar-refractivity contribution in [1.29, 1.82) is 0 Å². The average molecular weight is 342 g/mol. The molecule has 124 valence electrons. The van der Waals surface area contributed by atoms with E-state index in [0.29, 0.717) is 18.9 Å². The summed E-state index contributed by atoms with van der Waals surface area (Å²) in [5.41, 5.74) is 1.65. The van der Waals surface area contributed by atoms with Crippen molar-refractivity contribution in [1.82, 2.24) is 4.37 Å². The van der Waals surface area contributed by atoms with E-state index in [0.717, 1.165) is 21.5 Å². The molecular formula is C17H18N4O2S. The number of aromatic nitrogens is 1. The van der Waals surface area contributed by atoms with Crippen molar-refractivity contribution in [3.8, 4) is 0 Å². The van der Waals surface area contributed by atoms with Crippen LogP contribution in [0.5, 0.6) is 0 Å². The first kappa shape index (κ1) is 16.5. The maximum Gasteiger partial charge on any atom is 0.195 e. The number of nitrogens with zero attached hydrogens (tertiary/aromatic N) is 4. The van der Waals surface area contributed by atoms with Gasteiger partial charge in [-0.15, -0.1) is 10.2 Å². The summed E-state index contributed by atoms with van der Waals surface area (Å²) in [7, 11) is 0. The van der Waals surface area contributed by atoms with Crippen LogP contribution in [0.2, 0.25) is 0 Å². The molecule has 7 heteroatoms. The quantitative estimate of drug-likeness (QED) is 0.644. The Bertz CT molecular complexity index is 811. The first-order valence-electron chi connectivity index (χ1n) is 7.64. The Morgan fingerprint density at radius 3 is 2.33 bits per heavy atom. The Kier molecular flexibility index (Phi) is 5.47. The van der Waals surface area contributed by atoms with Crippen molar-refractivity contribution in [3.05, 3.63) is 48.5 Å². The molecular weight excluding hydrogens is 324 g/mol. The maximum atomic E-state index is 9.09. The van der Waals surface area contributed by atoms with Crippen molar-refractivity contribution in [2.24, 2.45) is 10.2 Å². The summed E-state index contributed by atoms with van der Waals surface area (Å²) in [6.07, 6.45) is 0. The summed E-state index contributed by atoms with van der Waals surface area (Å²) in [6.45, 7) is 1.04. The van der Waals surface area contributed by atoms with Gasteiger partial charge >= 0.3 is 0 Å². The van der Waals surface area contributed by atoms with E-state index < -0.39 is 0 Å². The molecule has 2 aromatic carbocycles. The predicted molar refractivity (Wildman–Crippen MR) is 96.6 cm³/mol. The molecule has 0 atom stereocenters. The van der Waals surface area contributed by atoms with Gasteiger partial charge in [0, 0.05) is 24.2 Å². The largest absolute Gasteiger partial charge is 0.395 e. The SMILES string of the molecule is OCCN(CCO)c1ccc(/N=N\c2nsc3ccccc23)cc1. The molecule has 3 aromatic rings. The number of aliphatic hydroxyl groups is 2. The molecule has 6 nitrogen and oxygen atoms in total. The van der Waals surface area contributed by atoms with Crippen LogP contribution >= 0.6 is 11.5 Å². The minimum absolute atomic E-state index is 0.0400. The minimum atomic E-state index is 0.0400. The highest BCUT2D eigenvalue weighted by Gasteiger charge is 2.06. The van der Waals surface area contributed by atoms with E-state index in [4.69, 9.17) is 10.2 Å². The molecule has 0 radical (unpaired) electrons. The molecule has 0 fully saturated rings. The molecule has 3 rings (SSSR count). The molecule has 0 unspecified atom stereocenters. The number of aliphatic hydroxyl groups excluding tert-OH is 2. The van der Waals surface area contributed by atoms with E-state index in [1.807, 2.05) is 53.4 Å². The Morgan fingerprint density at radius 2 is 1.62 bits per heavy atom. The van der Waals surface area contributed by atoms with Gasteiger partial charge in [-0.3, -0.25) is 0 Å². The molecule has 2 N–H and O–H groups in total. The number of hydrogen-bond acceptors (Lipinski definition) is 7. The average Bonchev–Trinajstić information content (AvgIpc) is 3.03. The Labute approximate surface area is 143 Å². The van der Waals surface area contributed by atoms with E-state index in [-0.39, 0.29) is 13.2 Å². The smallest absolute Gasteiger partial charge is 0.195 e. The first-order valence-corrected chi connectivity index (χ1v) is 8.42. The number of rotatable bonds is 7. The lowest BCUT2D eigenvalue weighted by Crippen LogP contribution is -2.29. The summed E-state index contributed by atoms with van der Waals surface area (Å²) in [4.78, 5) is 1.91. The lowest BCUT2D eigenvalue weighted by molar-refractivity contribution is 0.281. The molecule has 0 spiro atoms. The number of fused-ring (bicyclic) bond motifs is 1. The minimum Gasteiger partial charge on any atom is -0.395 e. The topological polar surface area (TPSA) is 81.3 Å². The maximum absolute atomic E-state index is 9.09. The molecule has 1 aromatic heterocycles. The van der Waals surface area contributed by atoms with Gasteiger partial charge in [0.2, 0.25) is 0 Å². The van der Waals surface area contributed by atoms with E-state index in [1.54, 1.807) is 0 Å². The Hall–Kier alpha value is -2.35. The zero-order valence-corrected chi connectivity index (χ0v) is 13.9. The van der Waals surface area contributed by atoms with Crippen LogP contribution in [0.3, 0.4) is 0 Å². The number of azo groups is 1. The fourth-order valence-electron chi connectivity index (χ4n) is 2.39.